The lowest BCUT2D eigenvalue weighted by Crippen LogP contribution is -2.28. The summed E-state index contributed by atoms with van der Waals surface area (Å²) >= 11 is 12.0. The van der Waals surface area contributed by atoms with Crippen molar-refractivity contribution in [2.75, 3.05) is 13.2 Å². The molecular weight excluding hydrogens is 302 g/mol. The van der Waals surface area contributed by atoms with Gasteiger partial charge in [0.1, 0.15) is 5.82 Å². The molecule has 1 fully saturated rings. The van der Waals surface area contributed by atoms with Gasteiger partial charge in [0.05, 0.1) is 23.3 Å². The fourth-order valence-electron chi connectivity index (χ4n) is 2.28. The average Bonchev–Trinajstić information content (AvgIpc) is 2.93. The van der Waals surface area contributed by atoms with Gasteiger partial charge in [0.25, 0.3) is 0 Å². The van der Waals surface area contributed by atoms with Crippen molar-refractivity contribution in [3.05, 3.63) is 69.5 Å². The lowest BCUT2D eigenvalue weighted by molar-refractivity contribution is -0.129. The summed E-state index contributed by atoms with van der Waals surface area (Å²) in [5, 5.41) is 0.882. The normalized spacial score (nSPS) is 17.4. The monoisotopic (exact) mass is 312 g/mol. The molecule has 0 unspecified atom stereocenters. The minimum absolute atomic E-state index is 0.309. The number of benzene rings is 2. The highest BCUT2D eigenvalue weighted by atomic mass is 35.5. The summed E-state index contributed by atoms with van der Waals surface area (Å²) in [6.07, 6.45) is 0. The fraction of sp³-hybridized carbons (Fsp3) is 0.200. The van der Waals surface area contributed by atoms with Gasteiger partial charge >= 0.3 is 0 Å². The second kappa shape index (κ2) is 5.34. The van der Waals surface area contributed by atoms with Crippen LogP contribution in [-0.2, 0) is 15.3 Å². The van der Waals surface area contributed by atoms with Crippen LogP contribution in [-0.4, -0.2) is 13.2 Å². The van der Waals surface area contributed by atoms with Crippen molar-refractivity contribution in [3.63, 3.8) is 0 Å². The zero-order chi connectivity index (χ0) is 14.2. The molecule has 1 saturated heterocycles. The molecule has 1 heterocycles. The maximum Gasteiger partial charge on any atom is 0.222 e. The molecule has 0 atom stereocenters. The van der Waals surface area contributed by atoms with Gasteiger partial charge in [-0.05, 0) is 24.3 Å². The Morgan fingerprint density at radius 2 is 1.45 bits per heavy atom. The van der Waals surface area contributed by atoms with Gasteiger partial charge in [-0.15, -0.1) is 0 Å². The van der Waals surface area contributed by atoms with Crippen molar-refractivity contribution < 1.29 is 13.9 Å². The van der Waals surface area contributed by atoms with Crippen molar-refractivity contribution >= 4 is 23.2 Å². The lowest BCUT2D eigenvalue weighted by atomic mass is 9.97. The Bertz CT molecular complexity index is 622. The van der Waals surface area contributed by atoms with Crippen LogP contribution in [0.3, 0.4) is 0 Å². The van der Waals surface area contributed by atoms with Gasteiger partial charge in [-0.25, -0.2) is 4.39 Å². The highest BCUT2D eigenvalue weighted by Gasteiger charge is 2.40. The summed E-state index contributed by atoms with van der Waals surface area (Å²) in [5.74, 6) is -1.36. The molecule has 0 radical (unpaired) electrons. The molecule has 2 nitrogen and oxygen atoms in total. The van der Waals surface area contributed by atoms with Crippen molar-refractivity contribution in [1.29, 1.82) is 0 Å². The molecule has 0 spiro atoms. The first-order chi connectivity index (χ1) is 9.62. The fourth-order valence-corrected chi connectivity index (χ4v) is 2.58. The zero-order valence-corrected chi connectivity index (χ0v) is 11.9. The van der Waals surface area contributed by atoms with Crippen molar-refractivity contribution in [3.8, 4) is 0 Å². The van der Waals surface area contributed by atoms with Gasteiger partial charge in [0.2, 0.25) is 5.79 Å². The van der Waals surface area contributed by atoms with Crippen LogP contribution in [0.15, 0.2) is 42.5 Å². The standard InChI is InChI=1S/C15H11Cl2FO2/c16-13-6-3-11(9-14(13)17)15(19-7-8-20-15)10-1-4-12(18)5-2-10/h1-6,9H,7-8H2. The molecule has 104 valence electrons. The Hall–Kier alpha value is -1.13. The number of ether oxygens (including phenoxy) is 2. The number of hydrogen-bond donors (Lipinski definition) is 0. The molecule has 20 heavy (non-hydrogen) atoms. The number of halogens is 3. The molecule has 0 aromatic heterocycles. The molecule has 5 heteroatoms. The van der Waals surface area contributed by atoms with E-state index in [1.807, 2.05) is 0 Å². The van der Waals surface area contributed by atoms with E-state index in [0.717, 1.165) is 11.1 Å². The SMILES string of the molecule is Fc1ccc(C2(c3ccc(Cl)c(Cl)c3)OCCO2)cc1. The largest absolute Gasteiger partial charge is 0.340 e. The summed E-state index contributed by atoms with van der Waals surface area (Å²) in [5.41, 5.74) is 1.45. The smallest absolute Gasteiger partial charge is 0.222 e. The summed E-state index contributed by atoms with van der Waals surface area (Å²) in [7, 11) is 0. The number of hydrogen-bond acceptors (Lipinski definition) is 2. The summed E-state index contributed by atoms with van der Waals surface area (Å²) < 4.78 is 24.7. The van der Waals surface area contributed by atoms with Gasteiger partial charge in [0.15, 0.2) is 0 Å². The van der Waals surface area contributed by atoms with Crippen LogP contribution in [0.4, 0.5) is 4.39 Å². The minimum Gasteiger partial charge on any atom is -0.340 e. The first kappa shape index (κ1) is 13.8. The van der Waals surface area contributed by atoms with Gasteiger partial charge in [-0.3, -0.25) is 0 Å². The molecule has 0 aliphatic carbocycles. The van der Waals surface area contributed by atoms with E-state index >= 15 is 0 Å². The summed E-state index contributed by atoms with van der Waals surface area (Å²) in [4.78, 5) is 0. The maximum absolute atomic E-state index is 13.1. The molecule has 0 amide bonds. The third-order valence-electron chi connectivity index (χ3n) is 3.22. The highest BCUT2D eigenvalue weighted by molar-refractivity contribution is 6.42. The topological polar surface area (TPSA) is 18.5 Å². The van der Waals surface area contributed by atoms with Crippen LogP contribution in [0.5, 0.6) is 0 Å². The molecule has 1 aliphatic rings. The van der Waals surface area contributed by atoms with E-state index in [1.54, 1.807) is 30.3 Å². The van der Waals surface area contributed by atoms with E-state index in [4.69, 9.17) is 32.7 Å². The Balaban J connectivity index is 2.12. The highest BCUT2D eigenvalue weighted by Crippen LogP contribution is 2.40. The Morgan fingerprint density at radius 3 is 2.05 bits per heavy atom. The second-order valence-corrected chi connectivity index (χ2v) is 5.26. The molecule has 0 saturated carbocycles. The predicted octanol–water partition coefficient (Wildman–Crippen LogP) is 4.38. The Kier molecular flexibility index (Phi) is 3.69. The van der Waals surface area contributed by atoms with E-state index in [0.29, 0.717) is 23.3 Å². The molecule has 2 aromatic carbocycles. The molecule has 1 aliphatic heterocycles. The average molecular weight is 313 g/mol. The van der Waals surface area contributed by atoms with Gasteiger partial charge < -0.3 is 9.47 Å². The lowest BCUT2D eigenvalue weighted by Gasteiger charge is -2.28. The van der Waals surface area contributed by atoms with E-state index in [9.17, 15) is 4.39 Å². The second-order valence-electron chi connectivity index (χ2n) is 4.45. The van der Waals surface area contributed by atoms with Crippen LogP contribution in [0.25, 0.3) is 0 Å². The van der Waals surface area contributed by atoms with E-state index < -0.39 is 5.79 Å². The quantitative estimate of drug-likeness (QED) is 0.819. The molecule has 3 rings (SSSR count). The zero-order valence-electron chi connectivity index (χ0n) is 10.4. The van der Waals surface area contributed by atoms with Crippen LogP contribution >= 0.6 is 23.2 Å². The molecule has 0 bridgehead atoms. The van der Waals surface area contributed by atoms with Crippen LogP contribution in [0.2, 0.25) is 10.0 Å². The molecule has 2 aromatic rings. The van der Waals surface area contributed by atoms with Crippen LogP contribution < -0.4 is 0 Å². The summed E-state index contributed by atoms with van der Waals surface area (Å²) in [6.45, 7) is 0.912. The van der Waals surface area contributed by atoms with E-state index in [1.165, 1.54) is 12.1 Å². The van der Waals surface area contributed by atoms with Crippen LogP contribution in [0, 0.1) is 5.82 Å². The maximum atomic E-state index is 13.1. The third kappa shape index (κ3) is 2.31. The number of rotatable bonds is 2. The van der Waals surface area contributed by atoms with Crippen molar-refractivity contribution in [1.82, 2.24) is 0 Å². The molecule has 0 N–H and O–H groups in total. The molecular formula is C15H11Cl2FO2. The van der Waals surface area contributed by atoms with E-state index in [2.05, 4.69) is 0 Å². The first-order valence-corrected chi connectivity index (χ1v) is 6.87. The Morgan fingerprint density at radius 1 is 0.850 bits per heavy atom. The summed E-state index contributed by atoms with van der Waals surface area (Å²) in [6, 6.07) is 11.2. The predicted molar refractivity (Wildman–Crippen MR) is 75.5 cm³/mol. The third-order valence-corrected chi connectivity index (χ3v) is 3.96. The van der Waals surface area contributed by atoms with Crippen LogP contribution in [0.1, 0.15) is 11.1 Å². The Labute approximate surface area is 126 Å². The van der Waals surface area contributed by atoms with Gasteiger partial charge in [-0.1, -0.05) is 41.4 Å². The van der Waals surface area contributed by atoms with E-state index in [-0.39, 0.29) is 5.82 Å². The van der Waals surface area contributed by atoms with Crippen molar-refractivity contribution in [2.24, 2.45) is 0 Å². The van der Waals surface area contributed by atoms with Gasteiger partial charge in [-0.2, -0.15) is 0 Å². The van der Waals surface area contributed by atoms with Gasteiger partial charge in [0, 0.05) is 11.1 Å². The first-order valence-electron chi connectivity index (χ1n) is 6.11. The van der Waals surface area contributed by atoms with Crippen molar-refractivity contribution in [2.45, 2.75) is 5.79 Å². The minimum atomic E-state index is -1.05.